The number of benzene rings is 1. The average molecular weight is 507 g/mol. The molecule has 0 aliphatic carbocycles. The van der Waals surface area contributed by atoms with Crippen LogP contribution in [0.3, 0.4) is 0 Å². The van der Waals surface area contributed by atoms with Crippen molar-refractivity contribution >= 4 is 35.3 Å². The summed E-state index contributed by atoms with van der Waals surface area (Å²) in [5.74, 6) is -0.239. The number of imide groups is 1. The maximum absolute atomic E-state index is 13.6. The highest BCUT2D eigenvalue weighted by Gasteiger charge is 2.52. The summed E-state index contributed by atoms with van der Waals surface area (Å²) in [6.07, 6.45) is 3.29. The van der Waals surface area contributed by atoms with Gasteiger partial charge in [0.15, 0.2) is 0 Å². The molecule has 2 saturated heterocycles. The number of aromatic nitrogens is 2. The zero-order valence-corrected chi connectivity index (χ0v) is 21.7. The van der Waals surface area contributed by atoms with E-state index in [1.54, 1.807) is 36.9 Å². The summed E-state index contributed by atoms with van der Waals surface area (Å²) in [5, 5.41) is 6.48. The molecule has 3 aliphatic rings. The van der Waals surface area contributed by atoms with Crippen LogP contribution in [-0.2, 0) is 16.8 Å². The number of nitrogens with zero attached hydrogens (tertiary/aromatic N) is 5. The number of hydrogen-bond acceptors (Lipinski definition) is 7. The number of rotatable bonds is 4. The van der Waals surface area contributed by atoms with E-state index in [9.17, 15) is 14.4 Å². The van der Waals surface area contributed by atoms with Crippen molar-refractivity contribution in [3.05, 3.63) is 41.7 Å². The number of anilines is 3. The summed E-state index contributed by atoms with van der Waals surface area (Å²) < 4.78 is 0. The Morgan fingerprint density at radius 2 is 1.89 bits per heavy atom. The molecule has 5 rings (SSSR count). The Labute approximate surface area is 216 Å². The fourth-order valence-electron chi connectivity index (χ4n) is 5.41. The molecule has 4 N–H and O–H groups in total. The predicted molar refractivity (Wildman–Crippen MR) is 140 cm³/mol. The van der Waals surface area contributed by atoms with E-state index in [2.05, 4.69) is 34.4 Å². The van der Waals surface area contributed by atoms with E-state index in [-0.39, 0.29) is 35.9 Å². The van der Waals surface area contributed by atoms with Crippen LogP contribution < -0.4 is 26.2 Å². The van der Waals surface area contributed by atoms with Gasteiger partial charge in [-0.1, -0.05) is 19.9 Å². The van der Waals surface area contributed by atoms with Gasteiger partial charge in [0, 0.05) is 24.2 Å². The van der Waals surface area contributed by atoms with Gasteiger partial charge in [0.25, 0.3) is 5.91 Å². The van der Waals surface area contributed by atoms with Gasteiger partial charge in [-0.25, -0.2) is 24.5 Å². The zero-order chi connectivity index (χ0) is 26.5. The fourth-order valence-corrected chi connectivity index (χ4v) is 5.41. The second kappa shape index (κ2) is 8.98. The summed E-state index contributed by atoms with van der Waals surface area (Å²) in [7, 11) is 0. The summed E-state index contributed by atoms with van der Waals surface area (Å²) in [4.78, 5) is 52.9. The van der Waals surface area contributed by atoms with Gasteiger partial charge in [-0.3, -0.25) is 9.69 Å². The zero-order valence-electron chi connectivity index (χ0n) is 21.7. The lowest BCUT2D eigenvalue weighted by atomic mass is 9.87. The van der Waals surface area contributed by atoms with Gasteiger partial charge < -0.3 is 21.3 Å². The molecule has 4 heterocycles. The third-order valence-corrected chi connectivity index (χ3v) is 7.60. The summed E-state index contributed by atoms with van der Waals surface area (Å²) in [6.45, 7) is 10.00. The summed E-state index contributed by atoms with van der Waals surface area (Å²) in [5.41, 5.74) is 7.04. The van der Waals surface area contributed by atoms with E-state index in [0.29, 0.717) is 17.9 Å². The normalized spacial score (nSPS) is 20.9. The Hall–Kier alpha value is -3.73. The first-order valence-corrected chi connectivity index (χ1v) is 12.7. The number of nitrogens with two attached hydrogens (primary N) is 1. The molecule has 0 bridgehead atoms. The van der Waals surface area contributed by atoms with Crippen LogP contribution in [-0.4, -0.2) is 64.1 Å². The lowest BCUT2D eigenvalue weighted by Gasteiger charge is -2.27. The van der Waals surface area contributed by atoms with Crippen LogP contribution >= 0.6 is 0 Å². The number of carbonyl (C=O) groups excluding carboxylic acids is 3. The third-order valence-electron chi connectivity index (χ3n) is 7.60. The number of piperidine rings is 1. The highest BCUT2D eigenvalue weighted by Crippen LogP contribution is 2.44. The molecule has 0 atom stereocenters. The maximum atomic E-state index is 13.6. The molecule has 1 aromatic carbocycles. The largest absolute Gasteiger partial charge is 0.368 e. The number of nitrogens with one attached hydrogen (secondary N) is 2. The molecule has 1 aromatic heterocycles. The monoisotopic (exact) mass is 506 g/mol. The Bertz CT molecular complexity index is 1250. The van der Waals surface area contributed by atoms with Crippen molar-refractivity contribution in [2.45, 2.75) is 64.1 Å². The molecule has 2 aromatic rings. The van der Waals surface area contributed by atoms with E-state index in [4.69, 9.17) is 5.73 Å². The number of carbonyl (C=O) groups is 3. The molecular formula is C26H34N8O3. The molecule has 196 valence electrons. The minimum atomic E-state index is -1.10. The van der Waals surface area contributed by atoms with Crippen LogP contribution in [0.25, 0.3) is 0 Å². The van der Waals surface area contributed by atoms with Gasteiger partial charge in [-0.15, -0.1) is 0 Å². The highest BCUT2D eigenvalue weighted by atomic mass is 16.2. The van der Waals surface area contributed by atoms with Crippen LogP contribution in [0.15, 0.2) is 30.5 Å². The minimum absolute atomic E-state index is 0.106. The standard InChI is InChI=1S/C26H34N8O3/c1-25(2)15-32(23(36)31-16-7-10-28-11-8-16)20-13-18(5-6-19(20)25)34-21(35)26(3,4)33(24(34)37)14-17-9-12-29-22(27)30-17/h5-6,9,12-13,16,28H,7-8,10-11,14-15H2,1-4H3,(H,31,36)(H2,27,29,30). The Balaban J connectivity index is 1.44. The number of amides is 5. The third kappa shape index (κ3) is 4.37. The smallest absolute Gasteiger partial charge is 0.332 e. The molecule has 0 spiro atoms. The number of nitrogen functional groups attached to an aromatic ring is 1. The Morgan fingerprint density at radius 1 is 1.16 bits per heavy atom. The lowest BCUT2D eigenvalue weighted by molar-refractivity contribution is -0.123. The Kier molecular flexibility index (Phi) is 6.06. The van der Waals surface area contributed by atoms with Crippen molar-refractivity contribution in [1.82, 2.24) is 25.5 Å². The van der Waals surface area contributed by atoms with Crippen LogP contribution in [0.2, 0.25) is 0 Å². The quantitative estimate of drug-likeness (QED) is 0.542. The summed E-state index contributed by atoms with van der Waals surface area (Å²) in [6, 6.07) is 6.67. The van der Waals surface area contributed by atoms with Crippen LogP contribution in [0, 0.1) is 0 Å². The number of fused-ring (bicyclic) bond motifs is 1. The van der Waals surface area contributed by atoms with Gasteiger partial charge in [0.2, 0.25) is 5.95 Å². The van der Waals surface area contributed by atoms with Gasteiger partial charge in [0.1, 0.15) is 5.54 Å². The van der Waals surface area contributed by atoms with Gasteiger partial charge >= 0.3 is 12.1 Å². The fraction of sp³-hybridized carbons (Fsp3) is 0.500. The molecule has 37 heavy (non-hydrogen) atoms. The minimum Gasteiger partial charge on any atom is -0.368 e. The highest BCUT2D eigenvalue weighted by molar-refractivity contribution is 6.23. The van der Waals surface area contributed by atoms with Crippen molar-refractivity contribution < 1.29 is 14.4 Å². The summed E-state index contributed by atoms with van der Waals surface area (Å²) >= 11 is 0. The molecule has 5 amide bonds. The van der Waals surface area contributed by atoms with Crippen molar-refractivity contribution in [3.8, 4) is 0 Å². The molecule has 3 aliphatic heterocycles. The predicted octanol–water partition coefficient (Wildman–Crippen LogP) is 2.37. The van der Waals surface area contributed by atoms with Gasteiger partial charge in [0.05, 0.1) is 23.6 Å². The molecular weight excluding hydrogens is 472 g/mol. The second-order valence-electron chi connectivity index (χ2n) is 11.1. The second-order valence-corrected chi connectivity index (χ2v) is 11.1. The lowest BCUT2D eigenvalue weighted by Crippen LogP contribution is -2.49. The van der Waals surface area contributed by atoms with E-state index >= 15 is 0 Å². The average Bonchev–Trinajstić information content (AvgIpc) is 3.21. The van der Waals surface area contributed by atoms with Crippen molar-refractivity contribution in [2.75, 3.05) is 35.2 Å². The molecule has 0 saturated carbocycles. The van der Waals surface area contributed by atoms with E-state index in [1.165, 1.54) is 16.0 Å². The van der Waals surface area contributed by atoms with E-state index in [0.717, 1.165) is 37.2 Å². The van der Waals surface area contributed by atoms with Gasteiger partial charge in [-0.05, 0) is 63.5 Å². The maximum Gasteiger partial charge on any atom is 0.332 e. The molecule has 0 radical (unpaired) electrons. The topological polar surface area (TPSA) is 137 Å². The van der Waals surface area contributed by atoms with E-state index in [1.807, 2.05) is 6.07 Å². The van der Waals surface area contributed by atoms with Crippen molar-refractivity contribution in [1.29, 1.82) is 0 Å². The number of urea groups is 2. The molecule has 11 heteroatoms. The van der Waals surface area contributed by atoms with Crippen molar-refractivity contribution in [2.24, 2.45) is 0 Å². The molecule has 0 unspecified atom stereocenters. The molecule has 2 fully saturated rings. The SMILES string of the molecule is CC1(C)CN(C(=O)NC2CCNCC2)c2cc(N3C(=O)N(Cc4ccnc(N)n4)C(C)(C)C3=O)ccc21. The molecule has 11 nitrogen and oxygen atoms in total. The van der Waals surface area contributed by atoms with Crippen LogP contribution in [0.5, 0.6) is 0 Å². The first-order valence-electron chi connectivity index (χ1n) is 12.7. The first-order chi connectivity index (χ1) is 17.5. The van der Waals surface area contributed by atoms with Crippen LogP contribution in [0.1, 0.15) is 51.8 Å². The number of hydrogen-bond donors (Lipinski definition) is 3. The Morgan fingerprint density at radius 3 is 2.59 bits per heavy atom. The van der Waals surface area contributed by atoms with E-state index < -0.39 is 11.6 Å². The van der Waals surface area contributed by atoms with Crippen LogP contribution in [0.4, 0.5) is 26.9 Å². The first kappa shape index (κ1) is 24.9. The van der Waals surface area contributed by atoms with Gasteiger partial charge in [-0.2, -0.15) is 0 Å². The van der Waals surface area contributed by atoms with Crippen molar-refractivity contribution in [3.63, 3.8) is 0 Å².